The number of thiazole rings is 1. The van der Waals surface area contributed by atoms with Gasteiger partial charge in [0.1, 0.15) is 21.9 Å². The molecule has 1 amide bonds. The molecule has 0 aliphatic rings. The first-order valence-electron chi connectivity index (χ1n) is 8.08. The summed E-state index contributed by atoms with van der Waals surface area (Å²) in [5.41, 5.74) is 3.34. The van der Waals surface area contributed by atoms with Gasteiger partial charge in [0, 0.05) is 20.8 Å². The summed E-state index contributed by atoms with van der Waals surface area (Å²) >= 11 is 8.72. The van der Waals surface area contributed by atoms with Crippen LogP contribution in [0.2, 0.25) is 5.02 Å². The molecule has 1 N–H and O–H groups in total. The fourth-order valence-electron chi connectivity index (χ4n) is 2.50. The summed E-state index contributed by atoms with van der Waals surface area (Å²) in [6.45, 7) is 2.02. The van der Waals surface area contributed by atoms with E-state index in [9.17, 15) is 9.59 Å². The van der Waals surface area contributed by atoms with Crippen LogP contribution < -0.4 is 11.0 Å². The lowest BCUT2D eigenvalue weighted by Gasteiger charge is -2.05. The Morgan fingerprint density at radius 2 is 2.07 bits per heavy atom. The molecule has 0 aliphatic carbocycles. The molecule has 0 radical (unpaired) electrons. The first-order chi connectivity index (χ1) is 13.0. The van der Waals surface area contributed by atoms with E-state index in [0.29, 0.717) is 20.2 Å². The third-order valence-corrected chi connectivity index (χ3v) is 6.23. The lowest BCUT2D eigenvalue weighted by atomic mass is 10.2. The minimum Gasteiger partial charge on any atom is -0.267 e. The van der Waals surface area contributed by atoms with Gasteiger partial charge in [-0.15, -0.1) is 22.7 Å². The molecule has 0 aliphatic heterocycles. The van der Waals surface area contributed by atoms with E-state index in [1.807, 2.05) is 25.1 Å². The van der Waals surface area contributed by atoms with Crippen LogP contribution in [0.25, 0.3) is 20.8 Å². The molecule has 0 bridgehead atoms. The molecule has 27 heavy (non-hydrogen) atoms. The fourth-order valence-corrected chi connectivity index (χ4v) is 4.35. The molecule has 3 heterocycles. The standard InChI is InChI=1S/C18H13ClN4O2S2/c1-2-12-7-13-17(27-12)20-9-23(18(13)25)22-15(24)14-8-26-16(21-14)10-3-5-11(19)6-4-10/h3-9H,2H2,1H3,(H,22,24). The molecule has 0 atom stereocenters. The van der Waals surface area contributed by atoms with Gasteiger partial charge in [-0.25, -0.2) is 14.6 Å². The van der Waals surface area contributed by atoms with Crippen LogP contribution >= 0.6 is 34.3 Å². The van der Waals surface area contributed by atoms with E-state index in [2.05, 4.69) is 15.4 Å². The Morgan fingerprint density at radius 1 is 1.30 bits per heavy atom. The number of nitrogens with one attached hydrogen (secondary N) is 1. The van der Waals surface area contributed by atoms with E-state index in [1.54, 1.807) is 17.5 Å². The minimum absolute atomic E-state index is 0.233. The van der Waals surface area contributed by atoms with Crippen molar-refractivity contribution in [2.45, 2.75) is 13.3 Å². The van der Waals surface area contributed by atoms with Gasteiger partial charge in [0.05, 0.1) is 5.39 Å². The van der Waals surface area contributed by atoms with Crippen molar-refractivity contribution in [1.82, 2.24) is 14.6 Å². The van der Waals surface area contributed by atoms with Crippen molar-refractivity contribution in [1.29, 1.82) is 0 Å². The first kappa shape index (κ1) is 17.8. The largest absolute Gasteiger partial charge is 0.289 e. The zero-order valence-electron chi connectivity index (χ0n) is 14.1. The van der Waals surface area contributed by atoms with Crippen LogP contribution in [0.15, 0.2) is 46.8 Å². The SMILES string of the molecule is CCc1cc2c(=O)n(NC(=O)c3csc(-c4ccc(Cl)cc4)n3)cnc2s1. The van der Waals surface area contributed by atoms with Crippen LogP contribution in [0.4, 0.5) is 0 Å². The normalized spacial score (nSPS) is 11.0. The topological polar surface area (TPSA) is 76.9 Å². The average molecular weight is 417 g/mol. The second-order valence-corrected chi connectivity index (χ2v) is 8.10. The lowest BCUT2D eigenvalue weighted by Crippen LogP contribution is -2.33. The zero-order valence-corrected chi connectivity index (χ0v) is 16.5. The minimum atomic E-state index is -0.472. The Bertz CT molecular complexity index is 1190. The highest BCUT2D eigenvalue weighted by atomic mass is 35.5. The highest BCUT2D eigenvalue weighted by Crippen LogP contribution is 2.25. The number of thiophene rings is 1. The first-order valence-corrected chi connectivity index (χ1v) is 10.2. The summed E-state index contributed by atoms with van der Waals surface area (Å²) < 4.78 is 1.10. The molecule has 0 fully saturated rings. The number of halogens is 1. The molecule has 4 rings (SSSR count). The second kappa shape index (κ2) is 7.22. The summed E-state index contributed by atoms with van der Waals surface area (Å²) in [4.78, 5) is 35.4. The van der Waals surface area contributed by atoms with Gasteiger partial charge >= 0.3 is 0 Å². The van der Waals surface area contributed by atoms with Crippen LogP contribution in [0.1, 0.15) is 22.3 Å². The van der Waals surface area contributed by atoms with Crippen molar-refractivity contribution in [3.05, 3.63) is 68.0 Å². The van der Waals surface area contributed by atoms with Crippen LogP contribution in [0, 0.1) is 0 Å². The number of hydrogen-bond donors (Lipinski definition) is 1. The lowest BCUT2D eigenvalue weighted by molar-refractivity contribution is 0.100. The summed E-state index contributed by atoms with van der Waals surface area (Å²) in [7, 11) is 0. The summed E-state index contributed by atoms with van der Waals surface area (Å²) in [6, 6.07) is 9.04. The van der Waals surface area contributed by atoms with E-state index < -0.39 is 5.91 Å². The monoisotopic (exact) mass is 416 g/mol. The molecular formula is C18H13ClN4O2S2. The Hall–Kier alpha value is -2.55. The highest BCUT2D eigenvalue weighted by Gasteiger charge is 2.14. The van der Waals surface area contributed by atoms with E-state index in [1.165, 1.54) is 29.0 Å². The molecule has 0 unspecified atom stereocenters. The van der Waals surface area contributed by atoms with Crippen molar-refractivity contribution < 1.29 is 4.79 Å². The maximum atomic E-state index is 12.6. The average Bonchev–Trinajstić information content (AvgIpc) is 3.32. The van der Waals surface area contributed by atoms with Gasteiger partial charge in [-0.05, 0) is 24.6 Å². The van der Waals surface area contributed by atoms with Gasteiger partial charge < -0.3 is 0 Å². The van der Waals surface area contributed by atoms with Gasteiger partial charge in [0.2, 0.25) is 0 Å². The molecular weight excluding hydrogens is 404 g/mol. The second-order valence-electron chi connectivity index (χ2n) is 5.69. The number of benzene rings is 1. The maximum Gasteiger partial charge on any atom is 0.289 e. The molecule has 1 aromatic carbocycles. The highest BCUT2D eigenvalue weighted by molar-refractivity contribution is 7.18. The number of hydrogen-bond acceptors (Lipinski definition) is 6. The number of aryl methyl sites for hydroxylation is 1. The van der Waals surface area contributed by atoms with Crippen LogP contribution in [-0.4, -0.2) is 20.6 Å². The third-order valence-electron chi connectivity index (χ3n) is 3.90. The van der Waals surface area contributed by atoms with E-state index >= 15 is 0 Å². The molecule has 9 heteroatoms. The predicted octanol–water partition coefficient (Wildman–Crippen LogP) is 4.18. The quantitative estimate of drug-likeness (QED) is 0.541. The van der Waals surface area contributed by atoms with Crippen molar-refractivity contribution in [3.8, 4) is 10.6 Å². The van der Waals surface area contributed by atoms with E-state index in [-0.39, 0.29) is 11.3 Å². The van der Waals surface area contributed by atoms with Crippen molar-refractivity contribution >= 4 is 50.4 Å². The molecule has 4 aromatic rings. The van der Waals surface area contributed by atoms with Crippen molar-refractivity contribution in [2.24, 2.45) is 0 Å². The van der Waals surface area contributed by atoms with Crippen molar-refractivity contribution in [3.63, 3.8) is 0 Å². The number of rotatable bonds is 4. The summed E-state index contributed by atoms with van der Waals surface area (Å²) in [5, 5.41) is 3.48. The molecule has 0 saturated heterocycles. The number of carbonyl (C=O) groups is 1. The van der Waals surface area contributed by atoms with Gasteiger partial charge in [0.25, 0.3) is 11.5 Å². The number of aromatic nitrogens is 3. The van der Waals surface area contributed by atoms with Gasteiger partial charge in [-0.1, -0.05) is 30.7 Å². The number of carbonyl (C=O) groups excluding carboxylic acids is 1. The van der Waals surface area contributed by atoms with Crippen LogP contribution in [-0.2, 0) is 6.42 Å². The molecule has 0 spiro atoms. The van der Waals surface area contributed by atoms with Gasteiger partial charge in [-0.3, -0.25) is 15.0 Å². The van der Waals surface area contributed by atoms with E-state index in [0.717, 1.165) is 21.5 Å². The zero-order chi connectivity index (χ0) is 19.0. The van der Waals surface area contributed by atoms with Crippen LogP contribution in [0.3, 0.4) is 0 Å². The fraction of sp³-hybridized carbons (Fsp3) is 0.111. The Kier molecular flexibility index (Phi) is 4.77. The third kappa shape index (κ3) is 3.51. The molecule has 6 nitrogen and oxygen atoms in total. The van der Waals surface area contributed by atoms with Gasteiger partial charge in [0.15, 0.2) is 0 Å². The predicted molar refractivity (Wildman–Crippen MR) is 110 cm³/mol. The summed E-state index contributed by atoms with van der Waals surface area (Å²) in [6.07, 6.45) is 2.16. The maximum absolute atomic E-state index is 12.6. The van der Waals surface area contributed by atoms with Crippen molar-refractivity contribution in [2.75, 3.05) is 5.43 Å². The van der Waals surface area contributed by atoms with Gasteiger partial charge in [-0.2, -0.15) is 0 Å². The molecule has 0 saturated carbocycles. The number of nitrogens with zero attached hydrogens (tertiary/aromatic N) is 3. The summed E-state index contributed by atoms with van der Waals surface area (Å²) in [5.74, 6) is -0.472. The number of fused-ring (bicyclic) bond motifs is 1. The Morgan fingerprint density at radius 3 is 2.81 bits per heavy atom. The molecule has 136 valence electrons. The Labute approximate surface area is 167 Å². The Balaban J connectivity index is 1.59. The smallest absolute Gasteiger partial charge is 0.267 e. The van der Waals surface area contributed by atoms with Crippen LogP contribution in [0.5, 0.6) is 0 Å². The van der Waals surface area contributed by atoms with E-state index in [4.69, 9.17) is 11.6 Å². The molecule has 3 aromatic heterocycles. The number of amides is 1.